The molecule has 1 saturated heterocycles. The summed E-state index contributed by atoms with van der Waals surface area (Å²) >= 11 is 0. The highest BCUT2D eigenvalue weighted by Crippen LogP contribution is 2.23. The topological polar surface area (TPSA) is 32.7 Å². The van der Waals surface area contributed by atoms with E-state index in [0.717, 1.165) is 13.1 Å². The maximum absolute atomic E-state index is 13.6. The van der Waals surface area contributed by atoms with Crippen molar-refractivity contribution in [1.29, 1.82) is 0 Å². The van der Waals surface area contributed by atoms with Crippen LogP contribution in [0.15, 0.2) is 24.3 Å². The third kappa shape index (κ3) is 2.40. The van der Waals surface area contributed by atoms with Crippen LogP contribution in [0, 0.1) is 5.82 Å². The fraction of sp³-hybridized carbons (Fsp3) is 0.500. The number of morpholine rings is 1. The van der Waals surface area contributed by atoms with Crippen LogP contribution in [0.2, 0.25) is 0 Å². The summed E-state index contributed by atoms with van der Waals surface area (Å²) in [6.07, 6.45) is 0. The molecule has 1 N–H and O–H groups in total. The first-order valence-electron chi connectivity index (χ1n) is 5.50. The highest BCUT2D eigenvalue weighted by Gasteiger charge is 2.23. The van der Waals surface area contributed by atoms with Crippen LogP contribution in [-0.2, 0) is 4.74 Å². The molecule has 0 radical (unpaired) electrons. The van der Waals surface area contributed by atoms with E-state index in [0.29, 0.717) is 18.8 Å². The van der Waals surface area contributed by atoms with Crippen molar-refractivity contribution in [3.05, 3.63) is 35.6 Å². The van der Waals surface area contributed by atoms with Gasteiger partial charge in [-0.2, -0.15) is 0 Å². The van der Waals surface area contributed by atoms with Gasteiger partial charge in [-0.05, 0) is 6.07 Å². The second-order valence-corrected chi connectivity index (χ2v) is 3.87. The Hall–Kier alpha value is -0.970. The van der Waals surface area contributed by atoms with Gasteiger partial charge >= 0.3 is 0 Å². The van der Waals surface area contributed by atoms with Crippen LogP contribution in [0.4, 0.5) is 4.39 Å². The number of aliphatic hydroxyl groups is 1. The van der Waals surface area contributed by atoms with E-state index in [2.05, 4.69) is 4.90 Å². The number of ether oxygens (including phenoxy) is 1. The quantitative estimate of drug-likeness (QED) is 0.838. The minimum atomic E-state index is -0.259. The number of benzene rings is 1. The summed E-state index contributed by atoms with van der Waals surface area (Å²) in [6, 6.07) is 6.35. The van der Waals surface area contributed by atoms with Gasteiger partial charge in [-0.3, -0.25) is 4.90 Å². The Balaban J connectivity index is 2.18. The summed E-state index contributed by atoms with van der Waals surface area (Å²) in [5.41, 5.74) is 0.562. The summed E-state index contributed by atoms with van der Waals surface area (Å²) < 4.78 is 18.9. The van der Waals surface area contributed by atoms with Crippen LogP contribution in [0.5, 0.6) is 0 Å². The zero-order valence-corrected chi connectivity index (χ0v) is 9.10. The molecule has 0 amide bonds. The van der Waals surface area contributed by atoms with E-state index < -0.39 is 0 Å². The minimum Gasteiger partial charge on any atom is -0.394 e. The van der Waals surface area contributed by atoms with Gasteiger partial charge in [0.05, 0.1) is 25.9 Å². The summed E-state index contributed by atoms with van der Waals surface area (Å²) in [5.74, 6) is -0.256. The summed E-state index contributed by atoms with van der Waals surface area (Å²) in [6.45, 7) is 2.69. The largest absolute Gasteiger partial charge is 0.394 e. The molecule has 1 aromatic rings. The molecule has 2 rings (SSSR count). The molecule has 0 bridgehead atoms. The molecule has 1 heterocycles. The average Bonchev–Trinajstić information content (AvgIpc) is 2.34. The second kappa shape index (κ2) is 5.39. The third-order valence-corrected chi connectivity index (χ3v) is 2.92. The number of hydrogen-bond acceptors (Lipinski definition) is 3. The highest BCUT2D eigenvalue weighted by atomic mass is 19.1. The van der Waals surface area contributed by atoms with E-state index in [-0.39, 0.29) is 18.5 Å². The monoisotopic (exact) mass is 225 g/mol. The van der Waals surface area contributed by atoms with E-state index in [1.807, 2.05) is 0 Å². The molecular formula is C12H16FNO2. The van der Waals surface area contributed by atoms with Gasteiger partial charge in [0.2, 0.25) is 0 Å². The van der Waals surface area contributed by atoms with Crippen molar-refractivity contribution in [1.82, 2.24) is 4.90 Å². The molecule has 1 aromatic carbocycles. The van der Waals surface area contributed by atoms with Gasteiger partial charge in [0.1, 0.15) is 5.82 Å². The van der Waals surface area contributed by atoms with Crippen molar-refractivity contribution in [3.8, 4) is 0 Å². The molecule has 88 valence electrons. The van der Waals surface area contributed by atoms with Crippen LogP contribution in [0.3, 0.4) is 0 Å². The fourth-order valence-electron chi connectivity index (χ4n) is 2.04. The smallest absolute Gasteiger partial charge is 0.128 e. The lowest BCUT2D eigenvalue weighted by atomic mass is 10.0. The van der Waals surface area contributed by atoms with E-state index >= 15 is 0 Å². The lowest BCUT2D eigenvalue weighted by Crippen LogP contribution is -2.40. The normalized spacial score (nSPS) is 19.6. The number of aliphatic hydroxyl groups excluding tert-OH is 1. The molecule has 3 nitrogen and oxygen atoms in total. The van der Waals surface area contributed by atoms with Crippen LogP contribution < -0.4 is 0 Å². The Morgan fingerprint density at radius 2 is 2.00 bits per heavy atom. The Kier molecular flexibility index (Phi) is 3.88. The van der Waals surface area contributed by atoms with Crippen LogP contribution in [0.25, 0.3) is 0 Å². The zero-order valence-electron chi connectivity index (χ0n) is 9.10. The first-order valence-corrected chi connectivity index (χ1v) is 5.50. The number of halogens is 1. The summed E-state index contributed by atoms with van der Waals surface area (Å²) in [7, 11) is 0. The molecule has 0 saturated carbocycles. The molecular weight excluding hydrogens is 209 g/mol. The highest BCUT2D eigenvalue weighted by molar-refractivity contribution is 5.21. The number of nitrogens with zero attached hydrogens (tertiary/aromatic N) is 1. The molecule has 0 unspecified atom stereocenters. The SMILES string of the molecule is OC[C@@H](c1ccccc1F)N1CCOCC1. The van der Waals surface area contributed by atoms with Crippen molar-refractivity contribution >= 4 is 0 Å². The Bertz CT molecular complexity index is 340. The van der Waals surface area contributed by atoms with E-state index in [1.165, 1.54) is 6.07 Å². The van der Waals surface area contributed by atoms with Crippen LogP contribution >= 0.6 is 0 Å². The van der Waals surface area contributed by atoms with E-state index in [9.17, 15) is 9.50 Å². The Morgan fingerprint density at radius 1 is 1.31 bits per heavy atom. The predicted molar refractivity (Wildman–Crippen MR) is 58.6 cm³/mol. The molecule has 1 aliphatic heterocycles. The van der Waals surface area contributed by atoms with Crippen LogP contribution in [-0.4, -0.2) is 42.9 Å². The molecule has 0 aliphatic carbocycles. The van der Waals surface area contributed by atoms with Gasteiger partial charge in [-0.15, -0.1) is 0 Å². The Labute approximate surface area is 94.4 Å². The van der Waals surface area contributed by atoms with Crippen LogP contribution in [0.1, 0.15) is 11.6 Å². The Morgan fingerprint density at radius 3 is 2.62 bits per heavy atom. The van der Waals surface area contributed by atoms with Crippen molar-refractivity contribution in [3.63, 3.8) is 0 Å². The van der Waals surface area contributed by atoms with Gasteiger partial charge in [0.25, 0.3) is 0 Å². The fourth-order valence-corrected chi connectivity index (χ4v) is 2.04. The second-order valence-electron chi connectivity index (χ2n) is 3.87. The number of rotatable bonds is 3. The lowest BCUT2D eigenvalue weighted by molar-refractivity contribution is 0.00173. The summed E-state index contributed by atoms with van der Waals surface area (Å²) in [4.78, 5) is 2.06. The minimum absolute atomic E-state index is 0.0685. The number of hydrogen-bond donors (Lipinski definition) is 1. The zero-order chi connectivity index (χ0) is 11.4. The summed E-state index contributed by atoms with van der Waals surface area (Å²) in [5, 5.41) is 9.41. The van der Waals surface area contributed by atoms with Gasteiger partial charge in [0, 0.05) is 18.7 Å². The molecule has 0 spiro atoms. The lowest BCUT2D eigenvalue weighted by Gasteiger charge is -2.33. The van der Waals surface area contributed by atoms with E-state index in [4.69, 9.17) is 4.74 Å². The molecule has 1 atom stereocenters. The molecule has 16 heavy (non-hydrogen) atoms. The first kappa shape index (κ1) is 11.5. The maximum Gasteiger partial charge on any atom is 0.128 e. The van der Waals surface area contributed by atoms with Gasteiger partial charge in [-0.25, -0.2) is 4.39 Å². The maximum atomic E-state index is 13.6. The van der Waals surface area contributed by atoms with Crippen molar-refractivity contribution in [2.45, 2.75) is 6.04 Å². The van der Waals surface area contributed by atoms with Crippen molar-refractivity contribution in [2.24, 2.45) is 0 Å². The van der Waals surface area contributed by atoms with E-state index in [1.54, 1.807) is 18.2 Å². The third-order valence-electron chi connectivity index (χ3n) is 2.92. The van der Waals surface area contributed by atoms with Crippen molar-refractivity contribution in [2.75, 3.05) is 32.9 Å². The molecule has 4 heteroatoms. The van der Waals surface area contributed by atoms with Gasteiger partial charge < -0.3 is 9.84 Å². The molecule has 0 aromatic heterocycles. The standard InChI is InChI=1S/C12H16FNO2/c13-11-4-2-1-3-10(11)12(9-15)14-5-7-16-8-6-14/h1-4,12,15H,5-9H2/t12-/m0/s1. The van der Waals surface area contributed by atoms with Gasteiger partial charge in [-0.1, -0.05) is 18.2 Å². The molecule has 1 fully saturated rings. The predicted octanol–water partition coefficient (Wildman–Crippen LogP) is 1.19. The molecule has 1 aliphatic rings. The first-order chi connectivity index (χ1) is 7.83. The average molecular weight is 225 g/mol. The van der Waals surface area contributed by atoms with Gasteiger partial charge in [0.15, 0.2) is 0 Å². The van der Waals surface area contributed by atoms with Crippen molar-refractivity contribution < 1.29 is 14.2 Å².